The largest absolute Gasteiger partial charge is 0.497 e. The number of amides is 1. The average Bonchev–Trinajstić information content (AvgIpc) is 2.81. The molecule has 0 saturated carbocycles. The van der Waals surface area contributed by atoms with Crippen LogP contribution < -0.4 is 20.5 Å². The molecule has 168 valence electrons. The molecule has 0 fully saturated rings. The van der Waals surface area contributed by atoms with E-state index in [4.69, 9.17) is 9.47 Å². The second-order valence-electron chi connectivity index (χ2n) is 7.25. The first-order valence-electron chi connectivity index (χ1n) is 9.97. The highest BCUT2D eigenvalue weighted by Crippen LogP contribution is 2.23. The summed E-state index contributed by atoms with van der Waals surface area (Å²) in [7, 11) is 3.06. The molecule has 9 nitrogen and oxygen atoms in total. The fourth-order valence-electron chi connectivity index (χ4n) is 3.12. The van der Waals surface area contributed by atoms with Gasteiger partial charge in [-0.05, 0) is 56.2 Å². The SMILES string of the molecule is COc1ccc(/C=N/NC(=O)c2nn(-c3ccc(C)c(C)c3)c(=O)c(C#N)c2C)c(OC)c1. The topological polar surface area (TPSA) is 119 Å². The first-order chi connectivity index (χ1) is 15.8. The summed E-state index contributed by atoms with van der Waals surface area (Å²) in [6.45, 7) is 5.35. The van der Waals surface area contributed by atoms with Crippen molar-refractivity contribution in [3.8, 4) is 23.3 Å². The summed E-state index contributed by atoms with van der Waals surface area (Å²) >= 11 is 0. The van der Waals surface area contributed by atoms with E-state index in [9.17, 15) is 14.9 Å². The Morgan fingerprint density at radius 1 is 1.12 bits per heavy atom. The summed E-state index contributed by atoms with van der Waals surface area (Å²) in [5.74, 6) is 0.465. The zero-order chi connectivity index (χ0) is 24.1. The van der Waals surface area contributed by atoms with E-state index in [0.717, 1.165) is 15.8 Å². The van der Waals surface area contributed by atoms with E-state index in [1.807, 2.05) is 26.0 Å². The van der Waals surface area contributed by atoms with Crippen molar-refractivity contribution in [2.45, 2.75) is 20.8 Å². The standard InChI is InChI=1S/C24H23N5O4/c1-14-6-8-18(10-15(14)2)29-24(31)20(12-25)16(3)22(28-29)23(30)27-26-13-17-7-9-19(32-4)11-21(17)33-5/h6-11,13H,1-5H3,(H,27,30)/b26-13+. The highest BCUT2D eigenvalue weighted by Gasteiger charge is 2.20. The number of aryl methyl sites for hydroxylation is 2. The Kier molecular flexibility index (Phi) is 6.88. The van der Waals surface area contributed by atoms with Crippen LogP contribution in [0.2, 0.25) is 0 Å². The number of carbonyl (C=O) groups excluding carboxylic acids is 1. The molecule has 1 aromatic heterocycles. The van der Waals surface area contributed by atoms with Gasteiger partial charge in [-0.1, -0.05) is 6.07 Å². The van der Waals surface area contributed by atoms with Crippen LogP contribution in [-0.2, 0) is 0 Å². The molecule has 0 spiro atoms. The Balaban J connectivity index is 1.96. The van der Waals surface area contributed by atoms with Crippen LogP contribution in [0.5, 0.6) is 11.5 Å². The Hall–Kier alpha value is -4.45. The van der Waals surface area contributed by atoms with Crippen LogP contribution >= 0.6 is 0 Å². The number of nitrogens with one attached hydrogen (secondary N) is 1. The number of rotatable bonds is 6. The third-order valence-electron chi connectivity index (χ3n) is 5.21. The highest BCUT2D eigenvalue weighted by molar-refractivity contribution is 5.95. The van der Waals surface area contributed by atoms with E-state index in [0.29, 0.717) is 22.7 Å². The molecule has 1 amide bonds. The van der Waals surface area contributed by atoms with Crippen molar-refractivity contribution in [1.82, 2.24) is 15.2 Å². The molecule has 1 heterocycles. The van der Waals surface area contributed by atoms with Gasteiger partial charge in [0.1, 0.15) is 23.1 Å². The van der Waals surface area contributed by atoms with E-state index in [2.05, 4.69) is 15.6 Å². The van der Waals surface area contributed by atoms with Crippen molar-refractivity contribution in [2.75, 3.05) is 14.2 Å². The van der Waals surface area contributed by atoms with Crippen molar-refractivity contribution < 1.29 is 14.3 Å². The minimum absolute atomic E-state index is 0.0803. The van der Waals surface area contributed by atoms with Gasteiger partial charge in [0.2, 0.25) is 0 Å². The maximum atomic E-state index is 12.8. The Labute approximate surface area is 190 Å². The van der Waals surface area contributed by atoms with Crippen LogP contribution in [0.25, 0.3) is 5.69 Å². The molecular weight excluding hydrogens is 422 g/mol. The number of nitrogens with zero attached hydrogens (tertiary/aromatic N) is 4. The second-order valence-corrected chi connectivity index (χ2v) is 7.25. The summed E-state index contributed by atoms with van der Waals surface area (Å²) in [4.78, 5) is 25.6. The maximum Gasteiger partial charge on any atom is 0.292 e. The van der Waals surface area contributed by atoms with Crippen molar-refractivity contribution >= 4 is 12.1 Å². The zero-order valence-electron chi connectivity index (χ0n) is 19.0. The van der Waals surface area contributed by atoms with Crippen LogP contribution in [0.15, 0.2) is 46.3 Å². The number of hydrazone groups is 1. The number of carbonyl (C=O) groups is 1. The molecule has 33 heavy (non-hydrogen) atoms. The second kappa shape index (κ2) is 9.78. The van der Waals surface area contributed by atoms with E-state index >= 15 is 0 Å². The number of hydrogen-bond donors (Lipinski definition) is 1. The van der Waals surface area contributed by atoms with Crippen LogP contribution in [0.1, 0.15) is 38.3 Å². The molecule has 0 atom stereocenters. The van der Waals surface area contributed by atoms with Crippen LogP contribution in [0.4, 0.5) is 0 Å². The van der Waals surface area contributed by atoms with Gasteiger partial charge in [0.15, 0.2) is 5.69 Å². The molecule has 2 aromatic carbocycles. The summed E-state index contributed by atoms with van der Waals surface area (Å²) in [6, 6.07) is 12.4. The normalized spacial score (nSPS) is 10.7. The summed E-state index contributed by atoms with van der Waals surface area (Å²) < 4.78 is 11.5. The summed E-state index contributed by atoms with van der Waals surface area (Å²) in [5, 5.41) is 17.7. The predicted octanol–water partition coefficient (Wildman–Crippen LogP) is 2.81. The Morgan fingerprint density at radius 3 is 2.52 bits per heavy atom. The third kappa shape index (κ3) is 4.75. The van der Waals surface area contributed by atoms with Gasteiger partial charge < -0.3 is 9.47 Å². The average molecular weight is 445 g/mol. The Morgan fingerprint density at radius 2 is 1.88 bits per heavy atom. The van der Waals surface area contributed by atoms with Crippen LogP contribution in [-0.4, -0.2) is 36.1 Å². The van der Waals surface area contributed by atoms with E-state index in [1.165, 1.54) is 20.2 Å². The van der Waals surface area contributed by atoms with Gasteiger partial charge in [-0.15, -0.1) is 0 Å². The lowest BCUT2D eigenvalue weighted by Crippen LogP contribution is -2.31. The zero-order valence-corrected chi connectivity index (χ0v) is 19.0. The lowest BCUT2D eigenvalue weighted by molar-refractivity contribution is 0.0947. The molecule has 3 rings (SSSR count). The molecule has 0 unspecified atom stereocenters. The lowest BCUT2D eigenvalue weighted by atomic mass is 10.1. The number of aromatic nitrogens is 2. The van der Waals surface area contributed by atoms with E-state index in [-0.39, 0.29) is 16.8 Å². The fourth-order valence-corrected chi connectivity index (χ4v) is 3.12. The smallest absolute Gasteiger partial charge is 0.292 e. The molecular formula is C24H23N5O4. The van der Waals surface area contributed by atoms with Crippen molar-refractivity contribution in [1.29, 1.82) is 5.26 Å². The van der Waals surface area contributed by atoms with Gasteiger partial charge in [-0.3, -0.25) is 9.59 Å². The Bertz CT molecular complexity index is 1350. The first-order valence-corrected chi connectivity index (χ1v) is 9.97. The summed E-state index contributed by atoms with van der Waals surface area (Å²) in [5.41, 5.74) is 4.80. The van der Waals surface area contributed by atoms with Crippen molar-refractivity contribution in [3.05, 3.63) is 80.3 Å². The van der Waals surface area contributed by atoms with Gasteiger partial charge in [0, 0.05) is 17.2 Å². The molecule has 0 aliphatic rings. The molecule has 0 bridgehead atoms. The van der Waals surface area contributed by atoms with Crippen LogP contribution in [0, 0.1) is 32.1 Å². The van der Waals surface area contributed by atoms with Crippen molar-refractivity contribution in [2.24, 2.45) is 5.10 Å². The number of nitriles is 1. The van der Waals surface area contributed by atoms with E-state index in [1.54, 1.807) is 37.4 Å². The predicted molar refractivity (Wildman–Crippen MR) is 123 cm³/mol. The van der Waals surface area contributed by atoms with Gasteiger partial charge in [-0.25, -0.2) is 5.43 Å². The van der Waals surface area contributed by atoms with Gasteiger partial charge >= 0.3 is 0 Å². The molecule has 0 radical (unpaired) electrons. The number of ether oxygens (including phenoxy) is 2. The lowest BCUT2D eigenvalue weighted by Gasteiger charge is -2.12. The number of hydrogen-bond acceptors (Lipinski definition) is 7. The van der Waals surface area contributed by atoms with Crippen molar-refractivity contribution in [3.63, 3.8) is 0 Å². The monoisotopic (exact) mass is 445 g/mol. The third-order valence-corrected chi connectivity index (χ3v) is 5.21. The summed E-state index contributed by atoms with van der Waals surface area (Å²) in [6.07, 6.45) is 1.41. The van der Waals surface area contributed by atoms with Crippen LogP contribution in [0.3, 0.4) is 0 Å². The number of methoxy groups -OCH3 is 2. The van der Waals surface area contributed by atoms with Gasteiger partial charge in [0.25, 0.3) is 11.5 Å². The maximum absolute atomic E-state index is 12.8. The quantitative estimate of drug-likeness (QED) is 0.460. The molecule has 9 heteroatoms. The molecule has 3 aromatic rings. The number of benzene rings is 2. The molecule has 0 aliphatic heterocycles. The molecule has 1 N–H and O–H groups in total. The fraction of sp³-hybridized carbons (Fsp3) is 0.208. The molecule has 0 aliphatic carbocycles. The molecule has 0 saturated heterocycles. The van der Waals surface area contributed by atoms with E-state index < -0.39 is 11.5 Å². The first kappa shape index (κ1) is 23.2. The van der Waals surface area contributed by atoms with Gasteiger partial charge in [0.05, 0.1) is 26.1 Å². The minimum atomic E-state index is -0.662. The highest BCUT2D eigenvalue weighted by atomic mass is 16.5. The minimum Gasteiger partial charge on any atom is -0.497 e. The van der Waals surface area contributed by atoms with Gasteiger partial charge in [-0.2, -0.15) is 20.1 Å².